The lowest BCUT2D eigenvalue weighted by Gasteiger charge is -2.34. The summed E-state index contributed by atoms with van der Waals surface area (Å²) in [6.07, 6.45) is 3.82. The SMILES string of the molecule is CC1(C)CCC(NS(=O)(=O)c2cccc(C(N)=S)c2)CC1. The molecule has 6 heteroatoms. The minimum absolute atomic E-state index is 0.0107. The fourth-order valence-electron chi connectivity index (χ4n) is 2.62. The molecule has 0 amide bonds. The predicted octanol–water partition coefficient (Wildman–Crippen LogP) is 2.57. The molecular weight excluding hydrogens is 304 g/mol. The van der Waals surface area contributed by atoms with Gasteiger partial charge in [0.05, 0.1) is 4.90 Å². The number of sulfonamides is 1. The van der Waals surface area contributed by atoms with Crippen LogP contribution in [0.4, 0.5) is 0 Å². The maximum Gasteiger partial charge on any atom is 0.240 e. The van der Waals surface area contributed by atoms with Gasteiger partial charge >= 0.3 is 0 Å². The summed E-state index contributed by atoms with van der Waals surface area (Å²) in [5.74, 6) is 0. The van der Waals surface area contributed by atoms with Crippen molar-refractivity contribution in [2.45, 2.75) is 50.5 Å². The molecule has 1 aliphatic carbocycles. The Hall–Kier alpha value is -0.980. The zero-order valence-electron chi connectivity index (χ0n) is 12.4. The number of nitrogens with one attached hydrogen (secondary N) is 1. The van der Waals surface area contributed by atoms with E-state index in [-0.39, 0.29) is 15.9 Å². The van der Waals surface area contributed by atoms with E-state index >= 15 is 0 Å². The highest BCUT2D eigenvalue weighted by Crippen LogP contribution is 2.35. The van der Waals surface area contributed by atoms with Gasteiger partial charge < -0.3 is 5.73 Å². The van der Waals surface area contributed by atoms with Crippen LogP contribution >= 0.6 is 12.2 Å². The third-order valence-electron chi connectivity index (χ3n) is 4.09. The highest BCUT2D eigenvalue weighted by Gasteiger charge is 2.29. The smallest absolute Gasteiger partial charge is 0.240 e. The topological polar surface area (TPSA) is 72.2 Å². The summed E-state index contributed by atoms with van der Waals surface area (Å²) in [5.41, 5.74) is 6.44. The number of nitrogens with two attached hydrogens (primary N) is 1. The first-order chi connectivity index (χ1) is 9.70. The van der Waals surface area contributed by atoms with Gasteiger partial charge in [0.1, 0.15) is 4.99 Å². The summed E-state index contributed by atoms with van der Waals surface area (Å²) in [6.45, 7) is 4.45. The molecule has 21 heavy (non-hydrogen) atoms. The summed E-state index contributed by atoms with van der Waals surface area (Å²) >= 11 is 4.89. The lowest BCUT2D eigenvalue weighted by molar-refractivity contribution is 0.218. The molecule has 0 aliphatic heterocycles. The van der Waals surface area contributed by atoms with Crippen LogP contribution in [-0.4, -0.2) is 19.4 Å². The molecule has 1 saturated carbocycles. The molecule has 1 aliphatic rings. The minimum atomic E-state index is -3.52. The first-order valence-electron chi connectivity index (χ1n) is 7.12. The van der Waals surface area contributed by atoms with Gasteiger partial charge in [-0.15, -0.1) is 0 Å². The first kappa shape index (κ1) is 16.4. The number of hydrogen-bond donors (Lipinski definition) is 2. The largest absolute Gasteiger partial charge is 0.389 e. The van der Waals surface area contributed by atoms with E-state index in [4.69, 9.17) is 18.0 Å². The second kappa shape index (κ2) is 6.02. The van der Waals surface area contributed by atoms with Crippen LogP contribution in [0.2, 0.25) is 0 Å². The van der Waals surface area contributed by atoms with Crippen molar-refractivity contribution >= 4 is 27.2 Å². The number of hydrogen-bond acceptors (Lipinski definition) is 3. The van der Waals surface area contributed by atoms with Gasteiger partial charge in [-0.1, -0.05) is 38.2 Å². The summed E-state index contributed by atoms with van der Waals surface area (Å²) in [6, 6.07) is 6.47. The van der Waals surface area contributed by atoms with E-state index < -0.39 is 10.0 Å². The van der Waals surface area contributed by atoms with Gasteiger partial charge in [0.2, 0.25) is 10.0 Å². The molecule has 0 aromatic heterocycles. The predicted molar refractivity (Wildman–Crippen MR) is 88.7 cm³/mol. The third-order valence-corrected chi connectivity index (χ3v) is 5.84. The number of benzene rings is 1. The molecule has 2 rings (SSSR count). The van der Waals surface area contributed by atoms with E-state index in [1.165, 1.54) is 6.07 Å². The molecular formula is C15H22N2O2S2. The van der Waals surface area contributed by atoms with Gasteiger partial charge in [0.25, 0.3) is 0 Å². The van der Waals surface area contributed by atoms with Gasteiger partial charge in [-0.25, -0.2) is 13.1 Å². The van der Waals surface area contributed by atoms with Crippen molar-refractivity contribution in [3.05, 3.63) is 29.8 Å². The molecule has 0 radical (unpaired) electrons. The highest BCUT2D eigenvalue weighted by molar-refractivity contribution is 7.89. The Morgan fingerprint density at radius 3 is 2.52 bits per heavy atom. The van der Waals surface area contributed by atoms with Crippen molar-refractivity contribution in [2.24, 2.45) is 11.1 Å². The zero-order chi connectivity index (χ0) is 15.7. The van der Waals surface area contributed by atoms with Crippen LogP contribution in [0.25, 0.3) is 0 Å². The second-order valence-corrected chi connectivity index (χ2v) is 8.61. The fraction of sp³-hybridized carbons (Fsp3) is 0.533. The molecule has 0 unspecified atom stereocenters. The summed E-state index contributed by atoms with van der Waals surface area (Å²) < 4.78 is 27.7. The molecule has 1 fully saturated rings. The Kier molecular flexibility index (Phi) is 4.70. The first-order valence-corrected chi connectivity index (χ1v) is 9.01. The van der Waals surface area contributed by atoms with E-state index in [9.17, 15) is 8.42 Å². The van der Waals surface area contributed by atoms with E-state index in [0.29, 0.717) is 11.0 Å². The molecule has 4 nitrogen and oxygen atoms in total. The molecule has 0 atom stereocenters. The lowest BCUT2D eigenvalue weighted by atomic mass is 9.76. The Balaban J connectivity index is 2.12. The van der Waals surface area contributed by atoms with Crippen molar-refractivity contribution in [1.29, 1.82) is 0 Å². The van der Waals surface area contributed by atoms with Crippen molar-refractivity contribution in [2.75, 3.05) is 0 Å². The van der Waals surface area contributed by atoms with Crippen molar-refractivity contribution < 1.29 is 8.42 Å². The van der Waals surface area contributed by atoms with Crippen LogP contribution in [0.15, 0.2) is 29.2 Å². The van der Waals surface area contributed by atoms with Gasteiger partial charge in [0.15, 0.2) is 0 Å². The molecule has 1 aromatic rings. The summed E-state index contributed by atoms with van der Waals surface area (Å²) in [5, 5.41) is 0. The molecule has 116 valence electrons. The second-order valence-electron chi connectivity index (χ2n) is 6.45. The highest BCUT2D eigenvalue weighted by atomic mass is 32.2. The normalized spacial score (nSPS) is 19.3. The van der Waals surface area contributed by atoms with Crippen LogP contribution in [0.3, 0.4) is 0 Å². The Morgan fingerprint density at radius 2 is 1.95 bits per heavy atom. The standard InChI is InChI=1S/C15H22N2O2S2/c1-15(2)8-6-12(7-9-15)17-21(18,19)13-5-3-4-11(10-13)14(16)20/h3-5,10,12,17H,6-9H2,1-2H3,(H2,16,20). The minimum Gasteiger partial charge on any atom is -0.389 e. The maximum atomic E-state index is 12.4. The summed E-state index contributed by atoms with van der Waals surface area (Å²) in [4.78, 5) is 0.420. The Bertz CT molecular complexity index is 629. The van der Waals surface area contributed by atoms with Gasteiger partial charge in [-0.05, 0) is 43.2 Å². The van der Waals surface area contributed by atoms with Crippen molar-refractivity contribution in [1.82, 2.24) is 4.72 Å². The van der Waals surface area contributed by atoms with Crippen molar-refractivity contribution in [3.8, 4) is 0 Å². The number of thiocarbonyl (C=S) groups is 1. The maximum absolute atomic E-state index is 12.4. The average molecular weight is 326 g/mol. The molecule has 0 heterocycles. The molecule has 1 aromatic carbocycles. The number of rotatable bonds is 4. The molecule has 0 bridgehead atoms. The van der Waals surface area contributed by atoms with E-state index in [1.807, 2.05) is 0 Å². The average Bonchev–Trinajstić information content (AvgIpc) is 2.41. The van der Waals surface area contributed by atoms with Gasteiger partial charge in [-0.3, -0.25) is 0 Å². The monoisotopic (exact) mass is 326 g/mol. The Morgan fingerprint density at radius 1 is 1.33 bits per heavy atom. The Labute approximate surface area is 132 Å². The molecule has 0 spiro atoms. The van der Waals surface area contributed by atoms with Gasteiger partial charge in [-0.2, -0.15) is 0 Å². The lowest BCUT2D eigenvalue weighted by Crippen LogP contribution is -2.39. The van der Waals surface area contributed by atoms with Crippen molar-refractivity contribution in [3.63, 3.8) is 0 Å². The van der Waals surface area contributed by atoms with Crippen LogP contribution < -0.4 is 10.5 Å². The van der Waals surface area contributed by atoms with Gasteiger partial charge in [0, 0.05) is 11.6 Å². The fourth-order valence-corrected chi connectivity index (χ4v) is 4.10. The third kappa shape index (κ3) is 4.25. The zero-order valence-corrected chi connectivity index (χ0v) is 14.1. The quantitative estimate of drug-likeness (QED) is 0.834. The summed E-state index contributed by atoms with van der Waals surface area (Å²) in [7, 11) is -3.52. The van der Waals surface area contributed by atoms with E-state index in [1.54, 1.807) is 18.2 Å². The van der Waals surface area contributed by atoms with E-state index in [2.05, 4.69) is 18.6 Å². The van der Waals surface area contributed by atoms with Crippen LogP contribution in [0, 0.1) is 5.41 Å². The van der Waals surface area contributed by atoms with E-state index in [0.717, 1.165) is 25.7 Å². The van der Waals surface area contributed by atoms with Crippen LogP contribution in [0.1, 0.15) is 45.1 Å². The van der Waals surface area contributed by atoms with Crippen LogP contribution in [-0.2, 0) is 10.0 Å². The molecule has 0 saturated heterocycles. The molecule has 3 N–H and O–H groups in total. The van der Waals surface area contributed by atoms with Crippen LogP contribution in [0.5, 0.6) is 0 Å².